The lowest BCUT2D eigenvalue weighted by Crippen LogP contribution is -2.14. The molecule has 426 valence electrons. The highest BCUT2D eigenvalue weighted by Gasteiger charge is 2.36. The largest absolute Gasteiger partial charge is 0.317 e. The van der Waals surface area contributed by atoms with Gasteiger partial charge in [-0.25, -0.2) is 4.85 Å². The minimum atomic E-state index is 0.519. The van der Waals surface area contributed by atoms with E-state index in [1.807, 2.05) is 22.7 Å². The maximum absolute atomic E-state index is 10.4. The molecule has 0 unspecified atom stereocenters. The minimum Gasteiger partial charge on any atom is -0.317 e. The maximum Gasteiger partial charge on any atom is 0.238 e. The van der Waals surface area contributed by atoms with Crippen LogP contribution >= 0.6 is 22.7 Å². The molecule has 5 nitrogen and oxygen atoms in total. The number of hydrogen-bond acceptors (Lipinski definition) is 2. The molecule has 0 fully saturated rings. The summed E-state index contributed by atoms with van der Waals surface area (Å²) in [7, 11) is 0. The molecule has 0 aliphatic heterocycles. The number of para-hydroxylation sites is 4. The molecular formula is C85H49N5S2. The zero-order chi connectivity index (χ0) is 60.3. The molecule has 0 spiro atoms. The Kier molecular flexibility index (Phi) is 10.9. The topological polar surface area (TPSA) is 24.1 Å². The molecule has 0 aliphatic rings. The molecule has 6 aromatic heterocycles. The number of thiophene rings is 2. The van der Waals surface area contributed by atoms with Crippen LogP contribution in [0.2, 0.25) is 0 Å². The summed E-state index contributed by atoms with van der Waals surface area (Å²) in [4.78, 5) is 5.16. The van der Waals surface area contributed by atoms with Crippen molar-refractivity contribution in [3.8, 4) is 56.1 Å². The Balaban J connectivity index is 1.09. The normalized spacial score (nSPS) is 12.1. The summed E-state index contributed by atoms with van der Waals surface area (Å²) in [6.07, 6.45) is 0. The van der Waals surface area contributed by atoms with Gasteiger partial charge < -0.3 is 18.3 Å². The van der Waals surface area contributed by atoms with Gasteiger partial charge in [-0.05, 0) is 101 Å². The molecule has 6 heterocycles. The van der Waals surface area contributed by atoms with Crippen LogP contribution in [0.25, 0.3) is 189 Å². The summed E-state index contributed by atoms with van der Waals surface area (Å²) in [5, 5.41) is 14.0. The van der Waals surface area contributed by atoms with Gasteiger partial charge in [-0.15, -0.1) is 22.7 Å². The van der Waals surface area contributed by atoms with Gasteiger partial charge in [0.25, 0.3) is 0 Å². The van der Waals surface area contributed by atoms with E-state index in [0.29, 0.717) is 5.69 Å². The lowest BCUT2D eigenvalue weighted by atomic mass is 9.95. The van der Waals surface area contributed by atoms with Crippen LogP contribution in [-0.2, 0) is 0 Å². The van der Waals surface area contributed by atoms with E-state index < -0.39 is 0 Å². The summed E-state index contributed by atoms with van der Waals surface area (Å²) in [5.74, 6) is 0. The van der Waals surface area contributed by atoms with Gasteiger partial charge in [0.15, 0.2) is 0 Å². The lowest BCUT2D eigenvalue weighted by molar-refractivity contribution is 1.05. The monoisotopic (exact) mass is 1200 g/mol. The van der Waals surface area contributed by atoms with Crippen LogP contribution in [0, 0.1) is 6.57 Å². The van der Waals surface area contributed by atoms with Crippen molar-refractivity contribution < 1.29 is 0 Å². The van der Waals surface area contributed by atoms with Crippen LogP contribution in [0.15, 0.2) is 297 Å². The van der Waals surface area contributed by atoms with Gasteiger partial charge in [0.1, 0.15) is 0 Å². The van der Waals surface area contributed by atoms with Gasteiger partial charge in [0.05, 0.1) is 73.5 Å². The van der Waals surface area contributed by atoms with E-state index in [0.717, 1.165) is 133 Å². The molecule has 92 heavy (non-hydrogen) atoms. The summed E-state index contributed by atoms with van der Waals surface area (Å²) in [5.41, 5.74) is 18.7. The molecule has 0 saturated heterocycles. The van der Waals surface area contributed by atoms with Crippen molar-refractivity contribution in [3.05, 3.63) is 309 Å². The fourth-order valence-corrected chi connectivity index (χ4v) is 18.0. The number of hydrogen-bond donors (Lipinski definition) is 0. The van der Waals surface area contributed by atoms with Gasteiger partial charge >= 0.3 is 0 Å². The third-order valence-electron chi connectivity index (χ3n) is 19.4. The van der Waals surface area contributed by atoms with Crippen molar-refractivity contribution >= 4 is 156 Å². The minimum absolute atomic E-state index is 0.519. The van der Waals surface area contributed by atoms with Crippen molar-refractivity contribution in [1.82, 2.24) is 18.3 Å². The zero-order valence-corrected chi connectivity index (χ0v) is 51.0. The van der Waals surface area contributed by atoms with E-state index in [4.69, 9.17) is 4.85 Å². The van der Waals surface area contributed by atoms with Gasteiger partial charge in [-0.3, -0.25) is 0 Å². The average Bonchev–Trinajstić information content (AvgIpc) is 1.46. The highest BCUT2D eigenvalue weighted by Crippen LogP contribution is 2.56. The van der Waals surface area contributed by atoms with Gasteiger partial charge in [-0.1, -0.05) is 224 Å². The fraction of sp³-hybridized carbons (Fsp3) is 0. The van der Waals surface area contributed by atoms with Crippen LogP contribution in [0.4, 0.5) is 5.69 Å². The molecule has 20 aromatic rings. The Morgan fingerprint density at radius 1 is 0.239 bits per heavy atom. The van der Waals surface area contributed by atoms with Crippen molar-refractivity contribution in [2.75, 3.05) is 0 Å². The van der Waals surface area contributed by atoms with E-state index in [1.54, 1.807) is 0 Å². The number of fused-ring (bicyclic) bond motifs is 20. The van der Waals surface area contributed by atoms with Crippen molar-refractivity contribution in [3.63, 3.8) is 0 Å². The van der Waals surface area contributed by atoms with Gasteiger partial charge in [-0.2, -0.15) is 0 Å². The standard InChI is InChI=1S/C85H49N5S2/c1-86-79-82(87-66-35-17-11-29-56(66)57-30-12-18-36-67(57)87)80(89-70-45-41-54(51-23-5-2-6-24-51)49-64(70)77-72(89)47-43-62-60-33-15-21-39-74(60)91-84(62)77)76(53-27-9-4-10-28-53)81(83(79)88-68-37-19-13-31-58(68)59-32-14-20-38-69(59)88)90-71-46-42-55(52-25-7-3-8-26-52)50-65(71)78-73(90)48-44-63-61-34-16-22-40-75(61)92-85(63)78/h2-50H. The molecule has 0 radical (unpaired) electrons. The van der Waals surface area contributed by atoms with E-state index >= 15 is 0 Å². The zero-order valence-electron chi connectivity index (χ0n) is 49.3. The first-order chi connectivity index (χ1) is 45.7. The second-order valence-corrected chi connectivity index (χ2v) is 26.2. The highest BCUT2D eigenvalue weighted by atomic mass is 32.1. The summed E-state index contributed by atoms with van der Waals surface area (Å²) in [6, 6.07) is 109. The number of rotatable bonds is 7. The number of benzene rings is 14. The SMILES string of the molecule is [C-]#[N+]c1c(-n2c3ccccc3c3ccccc32)c(-n2c3ccc(-c4ccccc4)cc3c3c4sc5ccccc5c4ccc32)c(-c2ccccc2)c(-n2c3ccc(-c4ccccc4)cc3c3c4sc5ccccc5c4ccc32)c1-n1c2ccccc2c2ccccc21. The lowest BCUT2D eigenvalue weighted by Gasteiger charge is -2.29. The average molecular weight is 1200 g/mol. The summed E-state index contributed by atoms with van der Waals surface area (Å²) in [6.45, 7) is 10.4. The summed E-state index contributed by atoms with van der Waals surface area (Å²) < 4.78 is 14.9. The molecular weight excluding hydrogens is 1160 g/mol. The molecule has 0 bridgehead atoms. The van der Waals surface area contributed by atoms with E-state index in [1.165, 1.54) is 51.1 Å². The second-order valence-electron chi connectivity index (χ2n) is 24.1. The molecule has 0 N–H and O–H groups in total. The molecule has 7 heteroatoms. The van der Waals surface area contributed by atoms with Gasteiger partial charge in [0, 0.05) is 89.0 Å². The predicted molar refractivity (Wildman–Crippen MR) is 392 cm³/mol. The smallest absolute Gasteiger partial charge is 0.238 e. The van der Waals surface area contributed by atoms with Crippen molar-refractivity contribution in [2.24, 2.45) is 0 Å². The molecule has 0 amide bonds. The van der Waals surface area contributed by atoms with Gasteiger partial charge in [0.2, 0.25) is 5.69 Å². The second kappa shape index (κ2) is 19.6. The van der Waals surface area contributed by atoms with Crippen molar-refractivity contribution in [2.45, 2.75) is 0 Å². The van der Waals surface area contributed by atoms with Crippen LogP contribution in [0.3, 0.4) is 0 Å². The first kappa shape index (κ1) is 51.1. The molecule has 0 atom stereocenters. The van der Waals surface area contributed by atoms with E-state index in [9.17, 15) is 6.57 Å². The van der Waals surface area contributed by atoms with Crippen LogP contribution in [0.5, 0.6) is 0 Å². The molecule has 20 rings (SSSR count). The third-order valence-corrected chi connectivity index (χ3v) is 21.8. The Morgan fingerprint density at radius 2 is 0.554 bits per heavy atom. The van der Waals surface area contributed by atoms with Crippen LogP contribution < -0.4 is 0 Å². The summed E-state index contributed by atoms with van der Waals surface area (Å²) >= 11 is 3.73. The molecule has 0 saturated carbocycles. The Bertz CT molecular complexity index is 6090. The number of aromatic nitrogens is 4. The number of nitrogens with zero attached hydrogens (tertiary/aromatic N) is 5. The first-order valence-electron chi connectivity index (χ1n) is 31.2. The third kappa shape index (κ3) is 7.10. The Morgan fingerprint density at radius 3 is 0.946 bits per heavy atom. The fourth-order valence-electron chi connectivity index (χ4n) is 15.5. The molecule has 14 aromatic carbocycles. The Hall–Kier alpha value is -11.8. The van der Waals surface area contributed by atoms with Crippen molar-refractivity contribution in [1.29, 1.82) is 0 Å². The maximum atomic E-state index is 10.4. The van der Waals surface area contributed by atoms with Crippen LogP contribution in [-0.4, -0.2) is 18.3 Å². The van der Waals surface area contributed by atoms with E-state index in [-0.39, 0.29) is 0 Å². The molecule has 0 aliphatic carbocycles. The Labute approximate surface area is 535 Å². The highest BCUT2D eigenvalue weighted by molar-refractivity contribution is 7.27. The van der Waals surface area contributed by atoms with Crippen LogP contribution in [0.1, 0.15) is 0 Å². The predicted octanol–water partition coefficient (Wildman–Crippen LogP) is 24.4. The van der Waals surface area contributed by atoms with E-state index in [2.05, 4.69) is 316 Å². The quantitative estimate of drug-likeness (QED) is 0.142. The first-order valence-corrected chi connectivity index (χ1v) is 32.8.